The summed E-state index contributed by atoms with van der Waals surface area (Å²) in [5.74, 6) is 0.528. The van der Waals surface area contributed by atoms with E-state index in [1.807, 2.05) is 30.3 Å². The summed E-state index contributed by atoms with van der Waals surface area (Å²) in [7, 11) is 0. The van der Waals surface area contributed by atoms with Crippen LogP contribution in [0.15, 0.2) is 54.6 Å². The van der Waals surface area contributed by atoms with Gasteiger partial charge in [0, 0.05) is 18.7 Å². The molecule has 0 spiro atoms. The third-order valence-corrected chi connectivity index (χ3v) is 4.68. The molecule has 1 amide bonds. The molecule has 31 heavy (non-hydrogen) atoms. The van der Waals surface area contributed by atoms with Gasteiger partial charge in [-0.25, -0.2) is 0 Å². The number of rotatable bonds is 10. The number of carbonyl (C=O) groups excluding carboxylic acids is 2. The van der Waals surface area contributed by atoms with Gasteiger partial charge in [-0.3, -0.25) is 14.9 Å². The van der Waals surface area contributed by atoms with E-state index in [1.165, 1.54) is 0 Å². The van der Waals surface area contributed by atoms with Gasteiger partial charge in [0.05, 0.1) is 19.6 Å². The highest BCUT2D eigenvalue weighted by Gasteiger charge is 2.16. The van der Waals surface area contributed by atoms with Crippen molar-refractivity contribution in [2.45, 2.75) is 33.7 Å². The van der Waals surface area contributed by atoms with Crippen LogP contribution in [0.2, 0.25) is 0 Å². The molecule has 2 rings (SSSR count). The lowest BCUT2D eigenvalue weighted by Gasteiger charge is -2.25. The molecule has 0 aliphatic heterocycles. The summed E-state index contributed by atoms with van der Waals surface area (Å²) in [6.45, 7) is 7.68. The first-order valence-corrected chi connectivity index (χ1v) is 10.8. The summed E-state index contributed by atoms with van der Waals surface area (Å²) in [6.07, 6.45) is 0.179. The van der Waals surface area contributed by atoms with Gasteiger partial charge in [0.1, 0.15) is 5.75 Å². The van der Waals surface area contributed by atoms with Crippen LogP contribution in [0.5, 0.6) is 5.75 Å². The van der Waals surface area contributed by atoms with Crippen molar-refractivity contribution in [1.29, 1.82) is 0 Å². The van der Waals surface area contributed by atoms with Crippen molar-refractivity contribution in [2.24, 2.45) is 5.92 Å². The van der Waals surface area contributed by atoms with E-state index in [0.717, 1.165) is 5.56 Å². The third kappa shape index (κ3) is 8.76. The molecule has 0 aliphatic carbocycles. The van der Waals surface area contributed by atoms with Gasteiger partial charge in [-0.2, -0.15) is 0 Å². The van der Waals surface area contributed by atoms with Crippen LogP contribution in [0.4, 0.5) is 0 Å². The smallest absolute Gasteiger partial charge is 0.307 e. The standard InChI is InChI=1S/C24H30N2O4S/c1-4-29-22(27)14-15-26(16-19-8-6-5-7-9-19)24(31)25-23(28)20-10-12-21(13-11-20)30-17-18(2)3/h5-13,18H,4,14-17H2,1-3H3,(H,25,28,31). The van der Waals surface area contributed by atoms with Crippen LogP contribution < -0.4 is 10.1 Å². The second-order valence-electron chi connectivity index (χ2n) is 7.45. The summed E-state index contributed by atoms with van der Waals surface area (Å²) < 4.78 is 10.7. The lowest BCUT2D eigenvalue weighted by atomic mass is 10.2. The van der Waals surface area contributed by atoms with Crippen molar-refractivity contribution >= 4 is 29.2 Å². The zero-order valence-electron chi connectivity index (χ0n) is 18.3. The largest absolute Gasteiger partial charge is 0.493 e. The van der Waals surface area contributed by atoms with E-state index in [9.17, 15) is 9.59 Å². The predicted molar refractivity (Wildman–Crippen MR) is 125 cm³/mol. The number of carbonyl (C=O) groups is 2. The topological polar surface area (TPSA) is 67.9 Å². The van der Waals surface area contributed by atoms with E-state index in [1.54, 1.807) is 36.1 Å². The Morgan fingerprint density at radius 2 is 1.74 bits per heavy atom. The summed E-state index contributed by atoms with van der Waals surface area (Å²) >= 11 is 5.48. The van der Waals surface area contributed by atoms with E-state index in [-0.39, 0.29) is 23.4 Å². The molecule has 6 nitrogen and oxygen atoms in total. The van der Waals surface area contributed by atoms with Crippen LogP contribution >= 0.6 is 12.2 Å². The van der Waals surface area contributed by atoms with Gasteiger partial charge in [0.15, 0.2) is 5.11 Å². The number of esters is 1. The van der Waals surface area contributed by atoms with Gasteiger partial charge in [-0.1, -0.05) is 44.2 Å². The van der Waals surface area contributed by atoms with Crippen LogP contribution in [-0.2, 0) is 16.1 Å². The highest BCUT2D eigenvalue weighted by molar-refractivity contribution is 7.80. The van der Waals surface area contributed by atoms with E-state index in [4.69, 9.17) is 21.7 Å². The zero-order chi connectivity index (χ0) is 22.6. The highest BCUT2D eigenvalue weighted by atomic mass is 32.1. The number of amides is 1. The Morgan fingerprint density at radius 3 is 2.35 bits per heavy atom. The lowest BCUT2D eigenvalue weighted by Crippen LogP contribution is -2.43. The van der Waals surface area contributed by atoms with Gasteiger partial charge in [-0.15, -0.1) is 0 Å². The Morgan fingerprint density at radius 1 is 1.06 bits per heavy atom. The van der Waals surface area contributed by atoms with Crippen molar-refractivity contribution < 1.29 is 19.1 Å². The van der Waals surface area contributed by atoms with E-state index < -0.39 is 0 Å². The van der Waals surface area contributed by atoms with Gasteiger partial charge in [0.2, 0.25) is 0 Å². The van der Waals surface area contributed by atoms with Gasteiger partial charge in [0.25, 0.3) is 5.91 Å². The number of nitrogens with one attached hydrogen (secondary N) is 1. The Balaban J connectivity index is 2.01. The Kier molecular flexibility index (Phi) is 9.97. The quantitative estimate of drug-likeness (QED) is 0.440. The van der Waals surface area contributed by atoms with Crippen molar-refractivity contribution in [3.63, 3.8) is 0 Å². The molecule has 0 aromatic heterocycles. The van der Waals surface area contributed by atoms with Crippen molar-refractivity contribution in [3.8, 4) is 5.75 Å². The molecule has 0 heterocycles. The summed E-state index contributed by atoms with van der Waals surface area (Å²) in [5, 5.41) is 3.03. The van der Waals surface area contributed by atoms with E-state index in [0.29, 0.717) is 43.5 Å². The third-order valence-electron chi connectivity index (χ3n) is 4.31. The molecule has 0 radical (unpaired) electrons. The summed E-state index contributed by atoms with van der Waals surface area (Å²) in [5.41, 5.74) is 1.50. The maximum absolute atomic E-state index is 12.7. The SMILES string of the molecule is CCOC(=O)CCN(Cc1ccccc1)C(=S)NC(=O)c1ccc(OCC(C)C)cc1. The minimum atomic E-state index is -0.311. The monoisotopic (exact) mass is 442 g/mol. The zero-order valence-corrected chi connectivity index (χ0v) is 19.1. The minimum Gasteiger partial charge on any atom is -0.493 e. The van der Waals surface area contributed by atoms with Crippen LogP contribution in [-0.4, -0.2) is 41.6 Å². The molecule has 0 aliphatic rings. The fourth-order valence-corrected chi connectivity index (χ4v) is 2.98. The summed E-state index contributed by atoms with van der Waals surface area (Å²) in [6, 6.07) is 16.7. The molecular formula is C24H30N2O4S. The summed E-state index contributed by atoms with van der Waals surface area (Å²) in [4.78, 5) is 26.3. The Hall–Kier alpha value is -2.93. The highest BCUT2D eigenvalue weighted by Crippen LogP contribution is 2.14. The number of hydrogen-bond donors (Lipinski definition) is 1. The molecule has 0 saturated heterocycles. The fourth-order valence-electron chi connectivity index (χ4n) is 2.73. The maximum Gasteiger partial charge on any atom is 0.307 e. The normalized spacial score (nSPS) is 10.5. The molecule has 0 bridgehead atoms. The Bertz CT molecular complexity index is 854. The number of thiocarbonyl (C=S) groups is 1. The first kappa shape index (κ1) is 24.3. The number of hydrogen-bond acceptors (Lipinski definition) is 5. The van der Waals surface area contributed by atoms with Gasteiger partial charge >= 0.3 is 5.97 Å². The van der Waals surface area contributed by atoms with Crippen LogP contribution in [0.1, 0.15) is 43.1 Å². The van der Waals surface area contributed by atoms with Crippen molar-refractivity contribution in [2.75, 3.05) is 19.8 Å². The average molecular weight is 443 g/mol. The molecule has 166 valence electrons. The van der Waals surface area contributed by atoms with Gasteiger partial charge < -0.3 is 14.4 Å². The van der Waals surface area contributed by atoms with E-state index in [2.05, 4.69) is 19.2 Å². The molecule has 0 saturated carbocycles. The maximum atomic E-state index is 12.7. The molecule has 2 aromatic carbocycles. The second-order valence-corrected chi connectivity index (χ2v) is 7.84. The second kappa shape index (κ2) is 12.7. The van der Waals surface area contributed by atoms with Crippen LogP contribution in [0.3, 0.4) is 0 Å². The first-order valence-electron chi connectivity index (χ1n) is 10.4. The fraction of sp³-hybridized carbons (Fsp3) is 0.375. The average Bonchev–Trinajstić information content (AvgIpc) is 2.76. The molecule has 2 aromatic rings. The van der Waals surface area contributed by atoms with Crippen molar-refractivity contribution in [3.05, 3.63) is 65.7 Å². The molecule has 0 atom stereocenters. The van der Waals surface area contributed by atoms with E-state index >= 15 is 0 Å². The molecule has 0 fully saturated rings. The number of ether oxygens (including phenoxy) is 2. The number of benzene rings is 2. The predicted octanol–water partition coefficient (Wildman–Crippen LogP) is 4.19. The van der Waals surface area contributed by atoms with Crippen molar-refractivity contribution in [1.82, 2.24) is 10.2 Å². The Labute approximate surface area is 189 Å². The molecule has 1 N–H and O–H groups in total. The molecular weight excluding hydrogens is 412 g/mol. The van der Waals surface area contributed by atoms with Gasteiger partial charge in [-0.05, 0) is 54.9 Å². The van der Waals surface area contributed by atoms with Crippen LogP contribution in [0, 0.1) is 5.92 Å². The first-order chi connectivity index (χ1) is 14.9. The molecule has 7 heteroatoms. The van der Waals surface area contributed by atoms with Crippen LogP contribution in [0.25, 0.3) is 0 Å². The minimum absolute atomic E-state index is 0.179. The number of nitrogens with zero attached hydrogens (tertiary/aromatic N) is 1. The lowest BCUT2D eigenvalue weighted by molar-refractivity contribution is -0.143. The molecule has 0 unspecified atom stereocenters.